The average Bonchev–Trinajstić information content (AvgIpc) is 2.44. The first-order valence-corrected chi connectivity index (χ1v) is 7.90. The summed E-state index contributed by atoms with van der Waals surface area (Å²) in [5.41, 5.74) is 4.07. The number of amides is 1. The van der Waals surface area contributed by atoms with Crippen molar-refractivity contribution in [2.75, 3.05) is 18.5 Å². The molecule has 1 amide bonds. The Balaban J connectivity index is 2.23. The van der Waals surface area contributed by atoms with Gasteiger partial charge in [-0.15, -0.1) is 0 Å². The molecule has 1 aliphatic rings. The summed E-state index contributed by atoms with van der Waals surface area (Å²) in [4.78, 5) is 18.9. The van der Waals surface area contributed by atoms with Crippen LogP contribution >= 0.6 is 11.8 Å². The molecule has 1 aromatic rings. The monoisotopic (exact) mass is 294 g/mol. The zero-order valence-electron chi connectivity index (χ0n) is 12.2. The minimum Gasteiger partial charge on any atom is -0.336 e. The molecule has 3 N–H and O–H groups in total. The number of rotatable bonds is 3. The van der Waals surface area contributed by atoms with Gasteiger partial charge in [-0.2, -0.15) is 11.8 Å². The number of aromatic nitrogens is 1. The molecule has 1 fully saturated rings. The number of pyridine rings is 1. The zero-order chi connectivity index (χ0) is 14.7. The molecule has 0 aromatic carbocycles. The van der Waals surface area contributed by atoms with Crippen LogP contribution in [0.2, 0.25) is 0 Å². The number of carbonyl (C=O) groups excluding carboxylic acids is 1. The van der Waals surface area contributed by atoms with E-state index in [2.05, 4.69) is 24.3 Å². The third-order valence-electron chi connectivity index (χ3n) is 3.34. The predicted molar refractivity (Wildman–Crippen MR) is 83.8 cm³/mol. The van der Waals surface area contributed by atoms with Gasteiger partial charge in [-0.25, -0.2) is 10.8 Å². The van der Waals surface area contributed by atoms with E-state index in [1.807, 2.05) is 29.7 Å². The largest absolute Gasteiger partial charge is 0.336 e. The average molecular weight is 294 g/mol. The highest BCUT2D eigenvalue weighted by Crippen LogP contribution is 2.26. The Morgan fingerprint density at radius 3 is 2.65 bits per heavy atom. The van der Waals surface area contributed by atoms with Crippen LogP contribution in [0.25, 0.3) is 0 Å². The summed E-state index contributed by atoms with van der Waals surface area (Å²) in [6.07, 6.45) is 0.776. The van der Waals surface area contributed by atoms with Crippen molar-refractivity contribution in [3.63, 3.8) is 0 Å². The maximum Gasteiger partial charge on any atom is 0.254 e. The van der Waals surface area contributed by atoms with Crippen LogP contribution in [0.5, 0.6) is 0 Å². The number of nitrogens with one attached hydrogen (secondary N) is 1. The fraction of sp³-hybridized carbons (Fsp3) is 0.571. The van der Waals surface area contributed by atoms with Crippen molar-refractivity contribution in [3.8, 4) is 0 Å². The van der Waals surface area contributed by atoms with Gasteiger partial charge in [-0.3, -0.25) is 4.79 Å². The number of aryl methyl sites for hydroxylation is 1. The summed E-state index contributed by atoms with van der Waals surface area (Å²) in [5, 5.41) is 0.949. The molecule has 110 valence electrons. The molecular weight excluding hydrogens is 272 g/mol. The molecule has 0 saturated carbocycles. The standard InChI is InChI=1S/C14H22N4OS/c1-4-12-5-11(6-13(16-12)17-15)14(19)18-7-9(2)20-10(3)8-18/h5-6,9-10H,4,7-8,15H2,1-3H3,(H,16,17). The lowest BCUT2D eigenvalue weighted by molar-refractivity contribution is 0.0753. The Kier molecular flexibility index (Phi) is 4.88. The molecule has 5 nitrogen and oxygen atoms in total. The van der Waals surface area contributed by atoms with Gasteiger partial charge in [0.15, 0.2) is 0 Å². The second-order valence-corrected chi connectivity index (χ2v) is 7.08. The van der Waals surface area contributed by atoms with Crippen LogP contribution in [-0.4, -0.2) is 39.4 Å². The van der Waals surface area contributed by atoms with E-state index in [0.717, 1.165) is 25.2 Å². The molecular formula is C14H22N4OS. The van der Waals surface area contributed by atoms with E-state index >= 15 is 0 Å². The van der Waals surface area contributed by atoms with E-state index in [-0.39, 0.29) is 5.91 Å². The van der Waals surface area contributed by atoms with E-state index in [0.29, 0.717) is 21.9 Å². The van der Waals surface area contributed by atoms with Crippen LogP contribution in [0.15, 0.2) is 12.1 Å². The van der Waals surface area contributed by atoms with Gasteiger partial charge in [-0.1, -0.05) is 20.8 Å². The third kappa shape index (κ3) is 3.43. The highest BCUT2D eigenvalue weighted by molar-refractivity contribution is 8.00. The van der Waals surface area contributed by atoms with E-state index in [9.17, 15) is 4.79 Å². The lowest BCUT2D eigenvalue weighted by Gasteiger charge is -2.34. The first-order valence-electron chi connectivity index (χ1n) is 6.95. The minimum atomic E-state index is 0.0672. The van der Waals surface area contributed by atoms with Gasteiger partial charge in [0.1, 0.15) is 5.82 Å². The molecule has 2 atom stereocenters. The maximum atomic E-state index is 12.6. The highest BCUT2D eigenvalue weighted by Gasteiger charge is 2.26. The molecule has 2 rings (SSSR count). The van der Waals surface area contributed by atoms with Crippen molar-refractivity contribution in [1.29, 1.82) is 0 Å². The number of hydrazine groups is 1. The quantitative estimate of drug-likeness (QED) is 0.658. The lowest BCUT2D eigenvalue weighted by atomic mass is 10.1. The van der Waals surface area contributed by atoms with Gasteiger partial charge < -0.3 is 10.3 Å². The molecule has 0 radical (unpaired) electrons. The van der Waals surface area contributed by atoms with E-state index in [1.54, 1.807) is 6.07 Å². The Hall–Kier alpha value is -1.27. The molecule has 0 bridgehead atoms. The Labute approximate surface area is 124 Å². The first kappa shape index (κ1) is 15.1. The van der Waals surface area contributed by atoms with Crippen LogP contribution in [-0.2, 0) is 6.42 Å². The van der Waals surface area contributed by atoms with Gasteiger partial charge in [0.2, 0.25) is 0 Å². The summed E-state index contributed by atoms with van der Waals surface area (Å²) in [6, 6.07) is 3.58. The van der Waals surface area contributed by atoms with Crippen LogP contribution < -0.4 is 11.3 Å². The Morgan fingerprint density at radius 1 is 1.45 bits per heavy atom. The predicted octanol–water partition coefficient (Wildman–Crippen LogP) is 1.90. The SMILES string of the molecule is CCc1cc(C(=O)N2CC(C)SC(C)C2)cc(NN)n1. The molecule has 20 heavy (non-hydrogen) atoms. The minimum absolute atomic E-state index is 0.0672. The summed E-state index contributed by atoms with van der Waals surface area (Å²) in [6.45, 7) is 7.93. The molecule has 1 aliphatic heterocycles. The number of hydrogen-bond acceptors (Lipinski definition) is 5. The van der Waals surface area contributed by atoms with Crippen LogP contribution in [0.3, 0.4) is 0 Å². The number of nitrogen functional groups attached to an aromatic ring is 1. The molecule has 0 spiro atoms. The number of nitrogens with zero attached hydrogens (tertiary/aromatic N) is 2. The van der Waals surface area contributed by atoms with Gasteiger partial charge in [0.25, 0.3) is 5.91 Å². The summed E-state index contributed by atoms with van der Waals surface area (Å²) in [5.74, 6) is 6.03. The van der Waals surface area contributed by atoms with Crippen molar-refractivity contribution in [1.82, 2.24) is 9.88 Å². The van der Waals surface area contributed by atoms with Crippen LogP contribution in [0.4, 0.5) is 5.82 Å². The molecule has 1 saturated heterocycles. The molecule has 6 heteroatoms. The van der Waals surface area contributed by atoms with Crippen molar-refractivity contribution in [2.24, 2.45) is 5.84 Å². The lowest BCUT2D eigenvalue weighted by Crippen LogP contribution is -2.44. The number of carbonyl (C=O) groups is 1. The summed E-state index contributed by atoms with van der Waals surface area (Å²) >= 11 is 1.93. The molecule has 2 unspecified atom stereocenters. The number of nitrogens with two attached hydrogens (primary N) is 1. The number of thioether (sulfide) groups is 1. The van der Waals surface area contributed by atoms with Crippen molar-refractivity contribution in [3.05, 3.63) is 23.4 Å². The number of anilines is 1. The van der Waals surface area contributed by atoms with Crippen LogP contribution in [0, 0.1) is 0 Å². The van der Waals surface area contributed by atoms with E-state index < -0.39 is 0 Å². The van der Waals surface area contributed by atoms with Gasteiger partial charge in [-0.05, 0) is 18.6 Å². The Bertz CT molecular complexity index is 462. The summed E-state index contributed by atoms with van der Waals surface area (Å²) in [7, 11) is 0. The third-order valence-corrected chi connectivity index (χ3v) is 4.57. The first-order chi connectivity index (χ1) is 9.53. The fourth-order valence-electron chi connectivity index (χ4n) is 2.49. The topological polar surface area (TPSA) is 71.2 Å². The molecule has 1 aromatic heterocycles. The van der Waals surface area contributed by atoms with Gasteiger partial charge >= 0.3 is 0 Å². The Morgan fingerprint density at radius 2 is 2.10 bits per heavy atom. The van der Waals surface area contributed by atoms with Crippen molar-refractivity contribution in [2.45, 2.75) is 37.7 Å². The van der Waals surface area contributed by atoms with E-state index in [4.69, 9.17) is 5.84 Å². The van der Waals surface area contributed by atoms with Gasteiger partial charge in [0.05, 0.1) is 0 Å². The fourth-order valence-corrected chi connectivity index (χ4v) is 3.82. The van der Waals surface area contributed by atoms with Crippen molar-refractivity contribution >= 4 is 23.5 Å². The smallest absolute Gasteiger partial charge is 0.254 e. The maximum absolute atomic E-state index is 12.6. The highest BCUT2D eigenvalue weighted by atomic mass is 32.2. The second-order valence-electron chi connectivity index (χ2n) is 5.20. The van der Waals surface area contributed by atoms with Crippen molar-refractivity contribution < 1.29 is 4.79 Å². The second kappa shape index (κ2) is 6.45. The zero-order valence-corrected chi connectivity index (χ0v) is 13.0. The molecule has 0 aliphatic carbocycles. The van der Waals surface area contributed by atoms with Gasteiger partial charge in [0, 0.05) is 34.8 Å². The summed E-state index contributed by atoms with van der Waals surface area (Å²) < 4.78 is 0. The normalized spacial score (nSPS) is 22.7. The van der Waals surface area contributed by atoms with Crippen LogP contribution in [0.1, 0.15) is 36.8 Å². The number of hydrogen-bond donors (Lipinski definition) is 2. The van der Waals surface area contributed by atoms with E-state index in [1.165, 1.54) is 0 Å². The molecule has 2 heterocycles.